The van der Waals surface area contributed by atoms with E-state index in [1.54, 1.807) is 4.90 Å². The van der Waals surface area contributed by atoms with Crippen LogP contribution in [0.2, 0.25) is 0 Å². The zero-order chi connectivity index (χ0) is 17.1. The molecule has 1 saturated heterocycles. The molecule has 1 aliphatic heterocycles. The van der Waals surface area contributed by atoms with Crippen LogP contribution >= 0.6 is 15.9 Å². The lowest BCUT2D eigenvalue weighted by Gasteiger charge is -2.18. The summed E-state index contributed by atoms with van der Waals surface area (Å²) in [5.41, 5.74) is 5.74. The van der Waals surface area contributed by atoms with Gasteiger partial charge in [-0.2, -0.15) is 0 Å². The van der Waals surface area contributed by atoms with E-state index >= 15 is 0 Å². The van der Waals surface area contributed by atoms with E-state index in [9.17, 15) is 14.4 Å². The summed E-state index contributed by atoms with van der Waals surface area (Å²) in [4.78, 5) is 38.0. The molecule has 2 fully saturated rings. The van der Waals surface area contributed by atoms with Gasteiger partial charge in [-0.1, -0.05) is 25.0 Å². The van der Waals surface area contributed by atoms with Crippen molar-refractivity contribution < 1.29 is 14.4 Å². The molecule has 0 radical (unpaired) electrons. The van der Waals surface area contributed by atoms with Gasteiger partial charge in [0, 0.05) is 23.4 Å². The van der Waals surface area contributed by atoms with Gasteiger partial charge in [0.05, 0.1) is 11.6 Å². The van der Waals surface area contributed by atoms with Gasteiger partial charge in [-0.15, -0.1) is 0 Å². The quantitative estimate of drug-likeness (QED) is 0.772. The summed E-state index contributed by atoms with van der Waals surface area (Å²) >= 11 is 3.43. The third-order valence-electron chi connectivity index (χ3n) is 4.67. The second kappa shape index (κ2) is 7.34. The number of hydrogen-bond acceptors (Lipinski definition) is 3. The fourth-order valence-electron chi connectivity index (χ4n) is 3.30. The van der Waals surface area contributed by atoms with E-state index in [1.165, 1.54) is 0 Å². The van der Waals surface area contributed by atoms with E-state index in [1.807, 2.05) is 24.3 Å². The van der Waals surface area contributed by atoms with Crippen LogP contribution in [0.3, 0.4) is 0 Å². The van der Waals surface area contributed by atoms with E-state index in [0.717, 1.165) is 35.8 Å². The summed E-state index contributed by atoms with van der Waals surface area (Å²) in [6, 6.07) is 7.42. The first-order chi connectivity index (χ1) is 11.6. The van der Waals surface area contributed by atoms with Crippen LogP contribution in [0.5, 0.6) is 0 Å². The van der Waals surface area contributed by atoms with Crippen LogP contribution in [-0.2, 0) is 14.4 Å². The van der Waals surface area contributed by atoms with E-state index in [0.29, 0.717) is 6.54 Å². The largest absolute Gasteiger partial charge is 0.310 e. The van der Waals surface area contributed by atoms with Crippen molar-refractivity contribution in [2.45, 2.75) is 32.1 Å². The van der Waals surface area contributed by atoms with Crippen LogP contribution in [0, 0.1) is 11.8 Å². The van der Waals surface area contributed by atoms with E-state index in [-0.39, 0.29) is 30.1 Å². The number of halogens is 1. The molecule has 24 heavy (non-hydrogen) atoms. The smallest absolute Gasteiger partial charge is 0.243 e. The van der Waals surface area contributed by atoms with Crippen molar-refractivity contribution in [3.05, 3.63) is 28.7 Å². The Balaban J connectivity index is 1.56. The van der Waals surface area contributed by atoms with Crippen molar-refractivity contribution >= 4 is 39.3 Å². The van der Waals surface area contributed by atoms with Crippen LogP contribution in [0.4, 0.5) is 5.69 Å². The predicted octanol–water partition coefficient (Wildman–Crippen LogP) is 2.14. The molecule has 1 heterocycles. The monoisotopic (exact) mass is 393 g/mol. The number of hydrazine groups is 1. The van der Waals surface area contributed by atoms with Crippen molar-refractivity contribution in [2.75, 3.05) is 11.4 Å². The van der Waals surface area contributed by atoms with Gasteiger partial charge in [-0.25, -0.2) is 0 Å². The molecule has 1 aromatic carbocycles. The first-order valence-corrected chi connectivity index (χ1v) is 9.00. The third-order valence-corrected chi connectivity index (χ3v) is 5.34. The van der Waals surface area contributed by atoms with Crippen molar-refractivity contribution in [1.82, 2.24) is 10.9 Å². The summed E-state index contributed by atoms with van der Waals surface area (Å²) in [5, 5.41) is 0. The lowest BCUT2D eigenvalue weighted by molar-refractivity contribution is -0.133. The van der Waals surface area contributed by atoms with Crippen LogP contribution in [0.1, 0.15) is 32.1 Å². The van der Waals surface area contributed by atoms with Crippen LogP contribution < -0.4 is 15.8 Å². The molecule has 1 unspecified atom stereocenters. The molecular weight excluding hydrogens is 374 g/mol. The number of hydrogen-bond donors (Lipinski definition) is 2. The topological polar surface area (TPSA) is 78.5 Å². The van der Waals surface area contributed by atoms with Gasteiger partial charge in [-0.3, -0.25) is 25.2 Å². The number of carbonyl (C=O) groups is 3. The lowest BCUT2D eigenvalue weighted by Crippen LogP contribution is -2.47. The number of nitrogens with one attached hydrogen (secondary N) is 2. The summed E-state index contributed by atoms with van der Waals surface area (Å²) in [6.45, 7) is 0.312. The normalized spacial score (nSPS) is 21.1. The molecule has 3 amide bonds. The minimum Gasteiger partial charge on any atom is -0.310 e. The molecule has 1 aliphatic carbocycles. The molecule has 1 atom stereocenters. The molecule has 1 aromatic rings. The highest BCUT2D eigenvalue weighted by Crippen LogP contribution is 2.31. The molecule has 6 nitrogen and oxygen atoms in total. The van der Waals surface area contributed by atoms with Crippen LogP contribution in [-0.4, -0.2) is 24.3 Å². The van der Waals surface area contributed by atoms with Gasteiger partial charge in [0.2, 0.25) is 17.7 Å². The van der Waals surface area contributed by atoms with Crippen LogP contribution in [0.25, 0.3) is 0 Å². The van der Waals surface area contributed by atoms with Gasteiger partial charge in [0.25, 0.3) is 0 Å². The Bertz CT molecular complexity index is 658. The van der Waals surface area contributed by atoms with E-state index in [4.69, 9.17) is 0 Å². The van der Waals surface area contributed by atoms with Gasteiger partial charge >= 0.3 is 0 Å². The fraction of sp³-hybridized carbons (Fsp3) is 0.471. The Kier molecular flexibility index (Phi) is 5.18. The van der Waals surface area contributed by atoms with E-state index < -0.39 is 5.92 Å². The van der Waals surface area contributed by atoms with Crippen LogP contribution in [0.15, 0.2) is 28.7 Å². The Morgan fingerprint density at radius 2 is 1.67 bits per heavy atom. The molecule has 0 spiro atoms. The maximum Gasteiger partial charge on any atom is 0.243 e. The highest BCUT2D eigenvalue weighted by Gasteiger charge is 2.36. The first kappa shape index (κ1) is 17.0. The molecule has 2 aliphatic rings. The fourth-order valence-corrected chi connectivity index (χ4v) is 3.80. The number of rotatable bonds is 3. The maximum absolute atomic E-state index is 12.3. The van der Waals surface area contributed by atoms with Gasteiger partial charge in [0.15, 0.2) is 0 Å². The maximum atomic E-state index is 12.3. The Hall–Kier alpha value is -1.89. The SMILES string of the molecule is O=C(NNC(=O)C1CC(=O)N(c2ccccc2Br)C1)C1CCCC1. The van der Waals surface area contributed by atoms with Crippen molar-refractivity contribution in [1.29, 1.82) is 0 Å². The molecule has 1 saturated carbocycles. The van der Waals surface area contributed by atoms with Crippen molar-refractivity contribution in [3.8, 4) is 0 Å². The minimum atomic E-state index is -0.464. The molecule has 3 rings (SSSR count). The molecule has 128 valence electrons. The summed E-state index contributed by atoms with van der Waals surface area (Å²) in [5.74, 6) is -1.01. The Morgan fingerprint density at radius 1 is 1.04 bits per heavy atom. The zero-order valence-corrected chi connectivity index (χ0v) is 14.8. The lowest BCUT2D eigenvalue weighted by atomic mass is 10.1. The average Bonchev–Trinajstić information content (AvgIpc) is 3.23. The second-order valence-corrected chi connectivity index (χ2v) is 7.17. The predicted molar refractivity (Wildman–Crippen MR) is 92.8 cm³/mol. The number of para-hydroxylation sites is 1. The Labute approximate surface area is 149 Å². The number of anilines is 1. The number of amides is 3. The number of carbonyl (C=O) groups excluding carboxylic acids is 3. The third kappa shape index (κ3) is 3.61. The molecular formula is C17H20BrN3O3. The molecule has 2 N–H and O–H groups in total. The molecule has 7 heteroatoms. The molecule has 0 aromatic heterocycles. The number of nitrogens with zero attached hydrogens (tertiary/aromatic N) is 1. The Morgan fingerprint density at radius 3 is 2.33 bits per heavy atom. The zero-order valence-electron chi connectivity index (χ0n) is 13.3. The standard InChI is InChI=1S/C17H20BrN3O3/c18-13-7-3-4-8-14(13)21-10-12(9-15(21)22)17(24)20-19-16(23)11-5-1-2-6-11/h3-4,7-8,11-12H,1-2,5-6,9-10H2,(H,19,23)(H,20,24). The summed E-state index contributed by atoms with van der Waals surface area (Å²) < 4.78 is 0.814. The highest BCUT2D eigenvalue weighted by atomic mass is 79.9. The van der Waals surface area contributed by atoms with Gasteiger partial charge in [0.1, 0.15) is 0 Å². The summed E-state index contributed by atoms with van der Waals surface area (Å²) in [6.07, 6.45) is 4.01. The highest BCUT2D eigenvalue weighted by molar-refractivity contribution is 9.10. The second-order valence-electron chi connectivity index (χ2n) is 6.32. The van der Waals surface area contributed by atoms with Gasteiger partial charge in [-0.05, 0) is 40.9 Å². The summed E-state index contributed by atoms with van der Waals surface area (Å²) in [7, 11) is 0. The van der Waals surface area contributed by atoms with Crippen molar-refractivity contribution in [3.63, 3.8) is 0 Å². The first-order valence-electron chi connectivity index (χ1n) is 8.21. The number of benzene rings is 1. The van der Waals surface area contributed by atoms with E-state index in [2.05, 4.69) is 26.8 Å². The molecule has 0 bridgehead atoms. The van der Waals surface area contributed by atoms with Gasteiger partial charge < -0.3 is 4.90 Å². The minimum absolute atomic E-state index is 0.00715. The van der Waals surface area contributed by atoms with Crippen molar-refractivity contribution in [2.24, 2.45) is 11.8 Å². The average molecular weight is 394 g/mol.